The Bertz CT molecular complexity index is 747. The van der Waals surface area contributed by atoms with Crippen molar-refractivity contribution in [3.63, 3.8) is 0 Å². The number of rotatable bonds is 3. The van der Waals surface area contributed by atoms with E-state index in [-0.39, 0.29) is 5.04 Å². The van der Waals surface area contributed by atoms with Crippen LogP contribution in [-0.4, -0.2) is 21.5 Å². The highest BCUT2D eigenvalue weighted by Gasteiger charge is 2.37. The summed E-state index contributed by atoms with van der Waals surface area (Å²) in [6.45, 7) is 13.4. The van der Waals surface area contributed by atoms with E-state index in [0.29, 0.717) is 6.61 Å². The number of ether oxygens (including phenoxy) is 2. The molecule has 0 saturated heterocycles. The lowest BCUT2D eigenvalue weighted by atomic mass is 10.0. The Morgan fingerprint density at radius 3 is 2.32 bits per heavy atom. The van der Waals surface area contributed by atoms with Gasteiger partial charge in [-0.05, 0) is 42.4 Å². The Morgan fingerprint density at radius 2 is 1.64 bits per heavy atom. The fraction of sp³-hybridized carbons (Fsp3) is 0.524. The second kappa shape index (κ2) is 7.00. The summed E-state index contributed by atoms with van der Waals surface area (Å²) in [5.74, 6) is 1.75. The van der Waals surface area contributed by atoms with Crippen molar-refractivity contribution in [3.8, 4) is 11.5 Å². The normalized spacial score (nSPS) is 15.7. The van der Waals surface area contributed by atoms with Gasteiger partial charge in [0.15, 0.2) is 19.8 Å². The summed E-state index contributed by atoms with van der Waals surface area (Å²) in [5, 5.41) is 2.49. The van der Waals surface area contributed by atoms with E-state index in [9.17, 15) is 0 Å². The van der Waals surface area contributed by atoms with E-state index in [1.807, 2.05) is 0 Å². The van der Waals surface area contributed by atoms with Gasteiger partial charge in [0.1, 0.15) is 0 Å². The number of fused-ring (bicyclic) bond motifs is 3. The van der Waals surface area contributed by atoms with E-state index in [4.69, 9.17) is 13.9 Å². The van der Waals surface area contributed by atoms with E-state index in [2.05, 4.69) is 64.2 Å². The van der Waals surface area contributed by atoms with Gasteiger partial charge in [0.25, 0.3) is 0 Å². The van der Waals surface area contributed by atoms with Gasteiger partial charge < -0.3 is 13.9 Å². The summed E-state index contributed by atoms with van der Waals surface area (Å²) in [4.78, 5) is 0. The van der Waals surface area contributed by atoms with Gasteiger partial charge in [-0.25, -0.2) is 0 Å². The fourth-order valence-electron chi connectivity index (χ4n) is 2.79. The molecule has 136 valence electrons. The minimum absolute atomic E-state index is 0.190. The maximum atomic E-state index is 6.47. The van der Waals surface area contributed by atoms with Crippen LogP contribution in [0.2, 0.25) is 18.1 Å². The quantitative estimate of drug-likeness (QED) is 0.638. The minimum Gasteiger partial charge on any atom is -0.489 e. The highest BCUT2D eigenvalue weighted by molar-refractivity contribution is 6.74. The molecule has 0 amide bonds. The molecule has 0 fully saturated rings. The first kappa shape index (κ1) is 18.3. The second-order valence-corrected chi connectivity index (χ2v) is 13.2. The van der Waals surface area contributed by atoms with E-state index >= 15 is 0 Å². The molecule has 2 aromatic rings. The third-order valence-corrected chi connectivity index (χ3v) is 9.94. The fourth-order valence-corrected chi connectivity index (χ4v) is 3.74. The molecule has 0 bridgehead atoms. The topological polar surface area (TPSA) is 27.7 Å². The molecule has 0 aliphatic carbocycles. The third-order valence-electron chi connectivity index (χ3n) is 5.46. The molecule has 4 heteroatoms. The lowest BCUT2D eigenvalue weighted by molar-refractivity contribution is 0.215. The minimum atomic E-state index is -1.82. The molecular weight excluding hydrogens is 328 g/mol. The van der Waals surface area contributed by atoms with Crippen LogP contribution in [-0.2, 0) is 11.0 Å². The van der Waals surface area contributed by atoms with Crippen LogP contribution >= 0.6 is 0 Å². The summed E-state index contributed by atoms with van der Waals surface area (Å²) < 4.78 is 18.7. The Hall–Kier alpha value is -1.52. The molecule has 0 N–H and O–H groups in total. The van der Waals surface area contributed by atoms with E-state index in [1.54, 1.807) is 0 Å². The van der Waals surface area contributed by atoms with Crippen molar-refractivity contribution in [1.82, 2.24) is 0 Å². The lowest BCUT2D eigenvalue weighted by Crippen LogP contribution is -2.40. The molecule has 0 saturated carbocycles. The number of hydrogen-bond donors (Lipinski definition) is 0. The van der Waals surface area contributed by atoms with Crippen molar-refractivity contribution in [1.29, 1.82) is 0 Å². The SMILES string of the molecule is CC(C)(C)[Si](C)(C)OCc1cc2ccccc2c2c1OCCCCO2. The van der Waals surface area contributed by atoms with Crippen LogP contribution in [0.1, 0.15) is 39.2 Å². The molecule has 25 heavy (non-hydrogen) atoms. The molecule has 1 aliphatic rings. The zero-order valence-electron chi connectivity index (χ0n) is 16.1. The van der Waals surface area contributed by atoms with Gasteiger partial charge in [0.2, 0.25) is 0 Å². The van der Waals surface area contributed by atoms with Crippen molar-refractivity contribution in [2.75, 3.05) is 13.2 Å². The van der Waals surface area contributed by atoms with Crippen molar-refractivity contribution < 1.29 is 13.9 Å². The molecule has 0 radical (unpaired) electrons. The first-order valence-corrected chi connectivity index (χ1v) is 12.1. The molecule has 0 atom stereocenters. The Labute approximate surface area is 152 Å². The standard InChI is InChI=1S/C21H30O3Si/c1-21(2,3)25(4,5)24-15-17-14-16-10-6-7-11-18(16)20-19(17)22-12-8-9-13-23-20/h6-7,10-11,14H,8-9,12-13,15H2,1-5H3. The molecule has 3 nitrogen and oxygen atoms in total. The number of hydrogen-bond acceptors (Lipinski definition) is 3. The maximum absolute atomic E-state index is 6.47. The summed E-state index contributed by atoms with van der Waals surface area (Å²) >= 11 is 0. The van der Waals surface area contributed by atoms with Crippen LogP contribution in [0.3, 0.4) is 0 Å². The molecular formula is C21H30O3Si. The van der Waals surface area contributed by atoms with E-state index < -0.39 is 8.32 Å². The number of benzene rings is 2. The molecule has 2 aromatic carbocycles. The van der Waals surface area contributed by atoms with Gasteiger partial charge in [-0.1, -0.05) is 45.0 Å². The Morgan fingerprint density at radius 1 is 1.00 bits per heavy atom. The lowest BCUT2D eigenvalue weighted by Gasteiger charge is -2.36. The average molecular weight is 359 g/mol. The van der Waals surface area contributed by atoms with Crippen LogP contribution in [0, 0.1) is 0 Å². The van der Waals surface area contributed by atoms with Gasteiger partial charge >= 0.3 is 0 Å². The molecule has 0 unspecified atom stereocenters. The zero-order chi connectivity index (χ0) is 18.1. The van der Waals surface area contributed by atoms with Crippen molar-refractivity contribution in [2.45, 2.75) is 58.4 Å². The van der Waals surface area contributed by atoms with Crippen LogP contribution in [0.5, 0.6) is 11.5 Å². The maximum Gasteiger partial charge on any atom is 0.192 e. The summed E-state index contributed by atoms with van der Waals surface area (Å²) in [7, 11) is -1.82. The zero-order valence-corrected chi connectivity index (χ0v) is 17.1. The molecule has 1 aliphatic heterocycles. The predicted molar refractivity (Wildman–Crippen MR) is 106 cm³/mol. The second-order valence-electron chi connectivity index (χ2n) is 8.37. The van der Waals surface area contributed by atoms with Crippen LogP contribution in [0.25, 0.3) is 10.8 Å². The smallest absolute Gasteiger partial charge is 0.192 e. The summed E-state index contributed by atoms with van der Waals surface area (Å²) in [6.07, 6.45) is 2.05. The van der Waals surface area contributed by atoms with Crippen molar-refractivity contribution in [3.05, 3.63) is 35.9 Å². The van der Waals surface area contributed by atoms with Gasteiger partial charge in [-0.3, -0.25) is 0 Å². The van der Waals surface area contributed by atoms with E-state index in [1.165, 1.54) is 5.39 Å². The molecule has 0 spiro atoms. The van der Waals surface area contributed by atoms with E-state index in [0.717, 1.165) is 48.5 Å². The first-order valence-electron chi connectivity index (χ1n) is 9.24. The van der Waals surface area contributed by atoms with Crippen LogP contribution in [0.15, 0.2) is 30.3 Å². The monoisotopic (exact) mass is 358 g/mol. The summed E-state index contributed by atoms with van der Waals surface area (Å²) in [5.41, 5.74) is 1.10. The highest BCUT2D eigenvalue weighted by Crippen LogP contribution is 2.42. The highest BCUT2D eigenvalue weighted by atomic mass is 28.4. The van der Waals surface area contributed by atoms with Crippen molar-refractivity contribution >= 4 is 19.1 Å². The Balaban J connectivity index is 2.01. The average Bonchev–Trinajstić information content (AvgIpc) is 2.51. The Kier molecular flexibility index (Phi) is 5.12. The largest absolute Gasteiger partial charge is 0.489 e. The predicted octanol–water partition coefficient (Wildman–Crippen LogP) is 5.91. The van der Waals surface area contributed by atoms with Gasteiger partial charge in [0, 0.05) is 10.9 Å². The first-order chi connectivity index (χ1) is 11.8. The van der Waals surface area contributed by atoms with Gasteiger partial charge in [-0.15, -0.1) is 0 Å². The van der Waals surface area contributed by atoms with Gasteiger partial charge in [-0.2, -0.15) is 0 Å². The van der Waals surface area contributed by atoms with Crippen LogP contribution in [0.4, 0.5) is 0 Å². The molecule has 0 aromatic heterocycles. The third kappa shape index (κ3) is 3.85. The van der Waals surface area contributed by atoms with Crippen molar-refractivity contribution in [2.24, 2.45) is 0 Å². The van der Waals surface area contributed by atoms with Crippen LogP contribution < -0.4 is 9.47 Å². The molecule has 3 rings (SSSR count). The summed E-state index contributed by atoms with van der Waals surface area (Å²) in [6, 6.07) is 10.6. The molecule has 1 heterocycles. The van der Waals surface area contributed by atoms with Gasteiger partial charge in [0.05, 0.1) is 19.8 Å².